The molecule has 8 heteroatoms. The average molecular weight is 359 g/mol. The van der Waals surface area contributed by atoms with Crippen LogP contribution in [-0.4, -0.2) is 29.8 Å². The van der Waals surface area contributed by atoms with E-state index in [9.17, 15) is 9.59 Å². The maximum Gasteiger partial charge on any atom is 0.348 e. The van der Waals surface area contributed by atoms with Crippen LogP contribution in [0.2, 0.25) is 5.02 Å². The van der Waals surface area contributed by atoms with Crippen LogP contribution in [0.4, 0.5) is 10.5 Å². The monoisotopic (exact) mass is 358 g/mol. The first-order chi connectivity index (χ1) is 11.9. The smallest absolute Gasteiger partial charge is 0.348 e. The summed E-state index contributed by atoms with van der Waals surface area (Å²) in [5.74, 6) is 1.03. The summed E-state index contributed by atoms with van der Waals surface area (Å²) in [4.78, 5) is 29.5. The molecule has 1 aliphatic heterocycles. The molecule has 0 radical (unpaired) electrons. The van der Waals surface area contributed by atoms with Crippen LogP contribution in [0.25, 0.3) is 6.08 Å². The normalized spacial score (nSPS) is 17.2. The van der Waals surface area contributed by atoms with Gasteiger partial charge < -0.3 is 14.6 Å². The zero-order valence-corrected chi connectivity index (χ0v) is 14.3. The maximum atomic E-state index is 12.1. The molecule has 1 aromatic heterocycles. The summed E-state index contributed by atoms with van der Waals surface area (Å²) in [5, 5.41) is 5.63. The SMILES string of the molecule is Cc1ccc(/C=C2/C(=O)N/C(=N/C(=O)Nc3cccc(Cl)c3)N2C)o1. The number of hydrogen-bond donors (Lipinski definition) is 2. The van der Waals surface area contributed by atoms with Gasteiger partial charge in [0, 0.05) is 23.8 Å². The highest BCUT2D eigenvalue weighted by atomic mass is 35.5. The van der Waals surface area contributed by atoms with Crippen LogP contribution in [0, 0.1) is 6.92 Å². The second kappa shape index (κ2) is 6.82. The van der Waals surface area contributed by atoms with E-state index in [0.29, 0.717) is 22.2 Å². The van der Waals surface area contributed by atoms with Crippen molar-refractivity contribution in [3.05, 3.63) is 58.6 Å². The minimum Gasteiger partial charge on any atom is -0.462 e. The molecule has 0 unspecified atom stereocenters. The molecule has 1 aliphatic rings. The molecule has 25 heavy (non-hydrogen) atoms. The molecule has 7 nitrogen and oxygen atoms in total. The van der Waals surface area contributed by atoms with Gasteiger partial charge in [-0.2, -0.15) is 4.99 Å². The standard InChI is InChI=1S/C17H15ClN4O3/c1-10-6-7-13(25-10)9-14-15(23)20-16(22(14)2)21-17(24)19-12-5-3-4-11(18)8-12/h3-9H,1-2H3,(H2,19,20,21,23,24)/b14-9-. The van der Waals surface area contributed by atoms with Gasteiger partial charge >= 0.3 is 6.03 Å². The maximum absolute atomic E-state index is 12.1. The van der Waals surface area contributed by atoms with Crippen LogP contribution < -0.4 is 10.6 Å². The fourth-order valence-corrected chi connectivity index (χ4v) is 2.45. The molecule has 0 atom stereocenters. The van der Waals surface area contributed by atoms with Crippen molar-refractivity contribution in [2.75, 3.05) is 12.4 Å². The van der Waals surface area contributed by atoms with Gasteiger partial charge in [0.05, 0.1) is 0 Å². The Morgan fingerprint density at radius 1 is 1.36 bits per heavy atom. The Morgan fingerprint density at radius 3 is 2.84 bits per heavy atom. The number of anilines is 1. The quantitative estimate of drug-likeness (QED) is 0.807. The second-order valence-corrected chi connectivity index (χ2v) is 5.80. The van der Waals surface area contributed by atoms with Crippen LogP contribution in [0.1, 0.15) is 11.5 Å². The lowest BCUT2D eigenvalue weighted by atomic mass is 10.3. The third-order valence-electron chi connectivity index (χ3n) is 3.46. The number of urea groups is 1. The van der Waals surface area contributed by atoms with E-state index in [2.05, 4.69) is 15.6 Å². The number of hydrogen-bond acceptors (Lipinski definition) is 3. The van der Waals surface area contributed by atoms with Crippen LogP contribution in [-0.2, 0) is 4.79 Å². The van der Waals surface area contributed by atoms with E-state index in [4.69, 9.17) is 16.0 Å². The largest absolute Gasteiger partial charge is 0.462 e. The van der Waals surface area contributed by atoms with E-state index in [1.54, 1.807) is 49.5 Å². The fourth-order valence-electron chi connectivity index (χ4n) is 2.26. The van der Waals surface area contributed by atoms with Gasteiger partial charge in [-0.1, -0.05) is 17.7 Å². The number of likely N-dealkylation sites (N-methyl/N-ethyl adjacent to an activating group) is 1. The number of aliphatic imine (C=N–C) groups is 1. The number of nitrogens with zero attached hydrogens (tertiary/aromatic N) is 2. The predicted molar refractivity (Wildman–Crippen MR) is 95.2 cm³/mol. The van der Waals surface area contributed by atoms with Crippen molar-refractivity contribution in [1.82, 2.24) is 10.2 Å². The zero-order chi connectivity index (χ0) is 18.0. The number of furan rings is 1. The van der Waals surface area contributed by atoms with E-state index >= 15 is 0 Å². The molecule has 2 heterocycles. The topological polar surface area (TPSA) is 86.9 Å². The molecule has 0 bridgehead atoms. The number of benzene rings is 1. The van der Waals surface area contributed by atoms with Gasteiger partial charge in [0.15, 0.2) is 0 Å². The van der Waals surface area contributed by atoms with Gasteiger partial charge in [0.2, 0.25) is 5.96 Å². The van der Waals surface area contributed by atoms with Crippen LogP contribution >= 0.6 is 11.6 Å². The summed E-state index contributed by atoms with van der Waals surface area (Å²) >= 11 is 5.87. The second-order valence-electron chi connectivity index (χ2n) is 5.37. The lowest BCUT2D eigenvalue weighted by Gasteiger charge is -2.10. The Hall–Kier alpha value is -3.06. The molecule has 2 aromatic rings. The summed E-state index contributed by atoms with van der Waals surface area (Å²) < 4.78 is 5.43. The van der Waals surface area contributed by atoms with Gasteiger partial charge in [0.25, 0.3) is 5.91 Å². The first-order valence-electron chi connectivity index (χ1n) is 7.41. The summed E-state index contributed by atoms with van der Waals surface area (Å²) in [7, 11) is 1.63. The summed E-state index contributed by atoms with van der Waals surface area (Å²) in [6, 6.07) is 9.62. The van der Waals surface area contributed by atoms with E-state index in [1.807, 2.05) is 6.92 Å². The van der Waals surface area contributed by atoms with Crippen LogP contribution in [0.15, 0.2) is 51.5 Å². The summed E-state index contributed by atoms with van der Waals surface area (Å²) in [5.41, 5.74) is 0.833. The van der Waals surface area contributed by atoms with Crippen molar-refractivity contribution in [1.29, 1.82) is 0 Å². The Morgan fingerprint density at radius 2 is 2.16 bits per heavy atom. The molecule has 3 amide bonds. The first kappa shape index (κ1) is 16.8. The van der Waals surface area contributed by atoms with Crippen molar-refractivity contribution in [3.8, 4) is 0 Å². The number of carbonyl (C=O) groups is 2. The van der Waals surface area contributed by atoms with Crippen molar-refractivity contribution in [2.24, 2.45) is 4.99 Å². The van der Waals surface area contributed by atoms with Crippen LogP contribution in [0.3, 0.4) is 0 Å². The number of amides is 3. The highest BCUT2D eigenvalue weighted by Gasteiger charge is 2.29. The Labute approximate surface area is 149 Å². The Balaban J connectivity index is 1.76. The van der Waals surface area contributed by atoms with Gasteiger partial charge in [0.1, 0.15) is 17.2 Å². The lowest BCUT2D eigenvalue weighted by molar-refractivity contribution is -0.115. The minimum atomic E-state index is -0.625. The predicted octanol–water partition coefficient (Wildman–Crippen LogP) is 3.23. The zero-order valence-electron chi connectivity index (χ0n) is 13.5. The fraction of sp³-hybridized carbons (Fsp3) is 0.118. The van der Waals surface area contributed by atoms with E-state index in [0.717, 1.165) is 5.76 Å². The van der Waals surface area contributed by atoms with Crippen molar-refractivity contribution < 1.29 is 14.0 Å². The lowest BCUT2D eigenvalue weighted by Crippen LogP contribution is -2.29. The number of nitrogens with one attached hydrogen (secondary N) is 2. The van der Waals surface area contributed by atoms with E-state index in [1.165, 1.54) is 4.90 Å². The molecule has 3 rings (SSSR count). The first-order valence-corrected chi connectivity index (χ1v) is 7.78. The van der Waals surface area contributed by atoms with Crippen LogP contribution in [0.5, 0.6) is 0 Å². The molecule has 0 saturated carbocycles. The Bertz CT molecular complexity index is 901. The third-order valence-corrected chi connectivity index (χ3v) is 3.70. The Kier molecular flexibility index (Phi) is 4.58. The summed E-state index contributed by atoms with van der Waals surface area (Å²) in [6.45, 7) is 1.81. The molecule has 0 aliphatic carbocycles. The molecule has 0 spiro atoms. The number of guanidine groups is 1. The molecule has 1 fully saturated rings. The summed E-state index contributed by atoms with van der Waals surface area (Å²) in [6.07, 6.45) is 1.58. The van der Waals surface area contributed by atoms with Gasteiger partial charge in [-0.15, -0.1) is 0 Å². The molecule has 128 valence electrons. The number of rotatable bonds is 2. The third kappa shape index (κ3) is 3.89. The highest BCUT2D eigenvalue weighted by molar-refractivity contribution is 6.30. The molecular weight excluding hydrogens is 344 g/mol. The van der Waals surface area contributed by atoms with Gasteiger partial charge in [-0.25, -0.2) is 4.79 Å². The van der Waals surface area contributed by atoms with Gasteiger partial charge in [-0.05, 0) is 37.3 Å². The van der Waals surface area contributed by atoms with Crippen molar-refractivity contribution in [2.45, 2.75) is 6.92 Å². The van der Waals surface area contributed by atoms with Crippen molar-refractivity contribution in [3.63, 3.8) is 0 Å². The number of carbonyl (C=O) groups excluding carboxylic acids is 2. The number of halogens is 1. The molecule has 2 N–H and O–H groups in total. The number of aryl methyl sites for hydroxylation is 1. The molecule has 1 saturated heterocycles. The highest BCUT2D eigenvalue weighted by Crippen LogP contribution is 2.18. The van der Waals surface area contributed by atoms with Gasteiger partial charge in [-0.3, -0.25) is 10.1 Å². The van der Waals surface area contributed by atoms with E-state index < -0.39 is 6.03 Å². The average Bonchev–Trinajstić information content (AvgIpc) is 3.06. The molecular formula is C17H15ClN4O3. The van der Waals surface area contributed by atoms with E-state index in [-0.39, 0.29) is 11.9 Å². The van der Waals surface area contributed by atoms with Crippen molar-refractivity contribution >= 4 is 41.3 Å². The molecule has 1 aromatic carbocycles. The minimum absolute atomic E-state index is 0.124.